The van der Waals surface area contributed by atoms with E-state index in [-0.39, 0.29) is 23.5 Å². The molecule has 0 bridgehead atoms. The van der Waals surface area contributed by atoms with Crippen molar-refractivity contribution in [2.24, 2.45) is 0 Å². The Labute approximate surface area is 120 Å². The van der Waals surface area contributed by atoms with Crippen LogP contribution in [0.2, 0.25) is 25.2 Å². The van der Waals surface area contributed by atoms with E-state index in [1.165, 1.54) is 0 Å². The van der Waals surface area contributed by atoms with E-state index in [2.05, 4.69) is 19.6 Å². The molecule has 0 aromatic carbocycles. The normalized spacial score (nSPS) is 46.6. The first-order chi connectivity index (χ1) is 9.11. The van der Waals surface area contributed by atoms with Gasteiger partial charge in [0.25, 0.3) is 0 Å². The average molecular weight is 300 g/mol. The maximum atomic E-state index is 12.8. The summed E-state index contributed by atoms with van der Waals surface area (Å²) in [7, 11) is 0.0689. The molecule has 3 rings (SSSR count). The summed E-state index contributed by atoms with van der Waals surface area (Å²) in [5, 5.41) is 0. The lowest BCUT2D eigenvalue weighted by atomic mass is 9.73. The number of hydrogen-bond donors (Lipinski definition) is 0. The van der Waals surface area contributed by atoms with Gasteiger partial charge in [-0.2, -0.15) is 0 Å². The molecule has 5 nitrogen and oxygen atoms in total. The van der Waals surface area contributed by atoms with Gasteiger partial charge in [0.05, 0.1) is 8.07 Å². The predicted molar refractivity (Wildman–Crippen MR) is 75.2 cm³/mol. The maximum absolute atomic E-state index is 12.8. The van der Waals surface area contributed by atoms with Crippen LogP contribution in [0.15, 0.2) is 0 Å². The number of rotatable bonds is 2. The molecule has 0 aromatic rings. The van der Waals surface area contributed by atoms with Crippen LogP contribution in [0, 0.1) is 0 Å². The van der Waals surface area contributed by atoms with Crippen LogP contribution in [0.1, 0.15) is 20.3 Å². The van der Waals surface area contributed by atoms with Gasteiger partial charge >= 0.3 is 0 Å². The number of Topliss-reactive ketones (excluding diaryl/α,β-unsaturated/α-hetero) is 1. The first-order valence-electron chi connectivity index (χ1n) is 7.21. The van der Waals surface area contributed by atoms with Crippen molar-refractivity contribution in [3.8, 4) is 0 Å². The van der Waals surface area contributed by atoms with Gasteiger partial charge in [0.1, 0.15) is 12.2 Å². The molecule has 3 unspecified atom stereocenters. The number of carbonyl (C=O) groups is 1. The Hall–Kier alpha value is -0.273. The molecule has 114 valence electrons. The highest BCUT2D eigenvalue weighted by Crippen LogP contribution is 2.57. The van der Waals surface area contributed by atoms with E-state index in [1.807, 2.05) is 13.8 Å². The summed E-state index contributed by atoms with van der Waals surface area (Å²) >= 11 is 0. The van der Waals surface area contributed by atoms with Crippen LogP contribution < -0.4 is 0 Å². The summed E-state index contributed by atoms with van der Waals surface area (Å²) in [5.41, 5.74) is -0.699. The van der Waals surface area contributed by atoms with Crippen molar-refractivity contribution in [1.82, 2.24) is 0 Å². The Bertz CT molecular complexity index is 443. The van der Waals surface area contributed by atoms with E-state index >= 15 is 0 Å². The SMILES string of the molecule is COC1O[C@]2(CC([Si](C)(C)C)C2=O)C2OC(C)(C)O[C@H]12. The largest absolute Gasteiger partial charge is 0.353 e. The second-order valence-electron chi connectivity index (χ2n) is 7.62. The fraction of sp³-hybridized carbons (Fsp3) is 0.929. The molecular formula is C14H24O5Si. The van der Waals surface area contributed by atoms with E-state index in [1.54, 1.807) is 7.11 Å². The second-order valence-corrected chi connectivity index (χ2v) is 13.0. The Morgan fingerprint density at radius 3 is 2.35 bits per heavy atom. The number of methoxy groups -OCH3 is 1. The molecule has 1 saturated carbocycles. The highest BCUT2D eigenvalue weighted by atomic mass is 28.3. The summed E-state index contributed by atoms with van der Waals surface area (Å²) in [5.74, 6) is -0.500. The summed E-state index contributed by atoms with van der Waals surface area (Å²) in [4.78, 5) is 12.8. The van der Waals surface area contributed by atoms with E-state index in [4.69, 9.17) is 18.9 Å². The molecule has 0 radical (unpaired) electrons. The molecule has 6 heteroatoms. The van der Waals surface area contributed by atoms with Crippen LogP contribution in [0.5, 0.6) is 0 Å². The van der Waals surface area contributed by atoms with Gasteiger partial charge in [-0.25, -0.2) is 0 Å². The first kappa shape index (κ1) is 14.7. The first-order valence-corrected chi connectivity index (χ1v) is 10.8. The van der Waals surface area contributed by atoms with Crippen LogP contribution in [0.25, 0.3) is 0 Å². The minimum absolute atomic E-state index is 0.145. The fourth-order valence-corrected chi connectivity index (χ4v) is 5.54. The lowest BCUT2D eigenvalue weighted by molar-refractivity contribution is -0.254. The minimum atomic E-state index is -1.51. The standard InChI is InChI=1S/C14H24O5Si/c1-13(2)17-9-11(18-13)14(19-12(9)16-3)7-8(10(14)15)20(4,5)6/h8-9,11-12H,7H2,1-6H3/t8?,9-,11?,12?,14-/m0/s1. The third-order valence-electron chi connectivity index (χ3n) is 4.70. The van der Waals surface area contributed by atoms with Crippen molar-refractivity contribution in [3.63, 3.8) is 0 Å². The van der Waals surface area contributed by atoms with Crippen LogP contribution in [0.4, 0.5) is 0 Å². The highest BCUT2D eigenvalue weighted by Gasteiger charge is 2.73. The topological polar surface area (TPSA) is 54.0 Å². The molecule has 1 aliphatic carbocycles. The molecule has 2 aliphatic heterocycles. The van der Waals surface area contributed by atoms with Crippen molar-refractivity contribution in [2.75, 3.05) is 7.11 Å². The van der Waals surface area contributed by atoms with E-state index < -0.39 is 25.8 Å². The highest BCUT2D eigenvalue weighted by molar-refractivity contribution is 6.81. The minimum Gasteiger partial charge on any atom is -0.353 e. The number of carbonyl (C=O) groups excluding carboxylic acids is 1. The van der Waals surface area contributed by atoms with E-state index in [0.717, 1.165) is 6.42 Å². The Morgan fingerprint density at radius 2 is 1.85 bits per heavy atom. The van der Waals surface area contributed by atoms with Crippen molar-refractivity contribution in [2.45, 2.75) is 75.3 Å². The zero-order valence-electron chi connectivity index (χ0n) is 13.1. The van der Waals surface area contributed by atoms with Crippen molar-refractivity contribution < 1.29 is 23.7 Å². The van der Waals surface area contributed by atoms with Gasteiger partial charge in [0.2, 0.25) is 0 Å². The van der Waals surface area contributed by atoms with Gasteiger partial charge in [0.15, 0.2) is 23.5 Å². The third kappa shape index (κ3) is 1.85. The molecule has 2 heterocycles. The van der Waals surface area contributed by atoms with E-state index in [9.17, 15) is 4.79 Å². The van der Waals surface area contributed by atoms with Crippen LogP contribution in [-0.4, -0.2) is 50.9 Å². The molecule has 0 amide bonds. The summed E-state index contributed by atoms with van der Waals surface area (Å²) in [6.45, 7) is 10.4. The molecule has 3 fully saturated rings. The maximum Gasteiger partial charge on any atom is 0.187 e. The lowest BCUT2D eigenvalue weighted by Gasteiger charge is -2.49. The number of fused-ring (bicyclic) bond motifs is 2. The fourth-order valence-electron chi connectivity index (χ4n) is 3.59. The van der Waals surface area contributed by atoms with Crippen LogP contribution in [0.3, 0.4) is 0 Å². The lowest BCUT2D eigenvalue weighted by Crippen LogP contribution is -2.64. The van der Waals surface area contributed by atoms with Crippen LogP contribution >= 0.6 is 0 Å². The molecule has 0 aromatic heterocycles. The zero-order valence-corrected chi connectivity index (χ0v) is 14.1. The molecule has 1 spiro atoms. The monoisotopic (exact) mass is 300 g/mol. The molecule has 5 atom stereocenters. The molecule has 3 aliphatic rings. The van der Waals surface area contributed by atoms with Gasteiger partial charge in [-0.3, -0.25) is 4.79 Å². The van der Waals surface area contributed by atoms with E-state index in [0.29, 0.717) is 0 Å². The Kier molecular flexibility index (Phi) is 3.03. The van der Waals surface area contributed by atoms with Gasteiger partial charge < -0.3 is 18.9 Å². The molecule has 20 heavy (non-hydrogen) atoms. The number of ketones is 1. The van der Waals surface area contributed by atoms with Crippen molar-refractivity contribution >= 4 is 13.9 Å². The number of ether oxygens (including phenoxy) is 4. The van der Waals surface area contributed by atoms with Crippen LogP contribution in [-0.2, 0) is 23.7 Å². The van der Waals surface area contributed by atoms with Gasteiger partial charge in [0, 0.05) is 12.7 Å². The van der Waals surface area contributed by atoms with Gasteiger partial charge in [-0.05, 0) is 20.3 Å². The van der Waals surface area contributed by atoms with Crippen molar-refractivity contribution in [3.05, 3.63) is 0 Å². The second kappa shape index (κ2) is 4.13. The zero-order chi connectivity index (χ0) is 14.9. The van der Waals surface area contributed by atoms with Crippen molar-refractivity contribution in [1.29, 1.82) is 0 Å². The summed E-state index contributed by atoms with van der Waals surface area (Å²) in [6.07, 6.45) is -0.445. The summed E-state index contributed by atoms with van der Waals surface area (Å²) < 4.78 is 23.1. The average Bonchev–Trinajstić information content (AvgIpc) is 2.76. The van der Waals surface area contributed by atoms with Gasteiger partial charge in [-0.15, -0.1) is 0 Å². The quantitative estimate of drug-likeness (QED) is 0.729. The Morgan fingerprint density at radius 1 is 1.20 bits per heavy atom. The molecule has 2 saturated heterocycles. The predicted octanol–water partition coefficient (Wildman–Crippen LogP) is 1.93. The summed E-state index contributed by atoms with van der Waals surface area (Å²) in [6, 6.07) is 0. The van der Waals surface area contributed by atoms with Gasteiger partial charge in [-0.1, -0.05) is 19.6 Å². The molecule has 0 N–H and O–H groups in total. The third-order valence-corrected chi connectivity index (χ3v) is 7.26. The Balaban J connectivity index is 1.87. The smallest absolute Gasteiger partial charge is 0.187 e. The number of hydrogen-bond acceptors (Lipinski definition) is 5. The molecular weight excluding hydrogens is 276 g/mol.